The molecule has 0 radical (unpaired) electrons. The summed E-state index contributed by atoms with van der Waals surface area (Å²) in [5.74, 6) is -1.47. The van der Waals surface area contributed by atoms with Crippen molar-refractivity contribution in [1.29, 1.82) is 0 Å². The van der Waals surface area contributed by atoms with E-state index in [4.69, 9.17) is 5.11 Å². The first kappa shape index (κ1) is 13.9. The highest BCUT2D eigenvalue weighted by molar-refractivity contribution is 5.96. The molecule has 2 N–H and O–H groups in total. The van der Waals surface area contributed by atoms with Gasteiger partial charge in [0.15, 0.2) is 0 Å². The zero-order chi connectivity index (χ0) is 14.9. The quantitative estimate of drug-likeness (QED) is 0.890. The zero-order valence-corrected chi connectivity index (χ0v) is 9.86. The maximum Gasteiger partial charge on any atom is 0.417 e. The average Bonchev–Trinajstić information content (AvgIpc) is 2.37. The SMILES string of the molecule is O=C(O)c1cc[nH]c(=O)c1-c1ccccc1C(F)(F)F. The van der Waals surface area contributed by atoms with Crippen LogP contribution >= 0.6 is 0 Å². The lowest BCUT2D eigenvalue weighted by atomic mass is 9.96. The molecule has 0 unspecified atom stereocenters. The fourth-order valence-electron chi connectivity index (χ4n) is 1.87. The van der Waals surface area contributed by atoms with Gasteiger partial charge in [-0.3, -0.25) is 4.79 Å². The summed E-state index contributed by atoms with van der Waals surface area (Å²) in [4.78, 5) is 25.0. The van der Waals surface area contributed by atoms with E-state index in [1.807, 2.05) is 0 Å². The normalized spacial score (nSPS) is 11.3. The summed E-state index contributed by atoms with van der Waals surface area (Å²) in [6.07, 6.45) is -3.61. The molecule has 7 heteroatoms. The second kappa shape index (κ2) is 4.84. The number of carboxylic acid groups (broad SMARTS) is 1. The van der Waals surface area contributed by atoms with Crippen LogP contribution in [0.15, 0.2) is 41.3 Å². The summed E-state index contributed by atoms with van der Waals surface area (Å²) >= 11 is 0. The van der Waals surface area contributed by atoms with Crippen LogP contribution in [0.5, 0.6) is 0 Å². The summed E-state index contributed by atoms with van der Waals surface area (Å²) in [6.45, 7) is 0. The van der Waals surface area contributed by atoms with Crippen molar-refractivity contribution in [2.45, 2.75) is 6.18 Å². The molecular weight excluding hydrogens is 275 g/mol. The number of aromatic nitrogens is 1. The van der Waals surface area contributed by atoms with Gasteiger partial charge in [-0.05, 0) is 12.1 Å². The summed E-state index contributed by atoms with van der Waals surface area (Å²) < 4.78 is 38.8. The fraction of sp³-hybridized carbons (Fsp3) is 0.0769. The van der Waals surface area contributed by atoms with Crippen LogP contribution in [0.25, 0.3) is 11.1 Å². The molecule has 0 aliphatic carbocycles. The van der Waals surface area contributed by atoms with E-state index in [1.54, 1.807) is 0 Å². The minimum Gasteiger partial charge on any atom is -0.478 e. The molecule has 0 saturated heterocycles. The predicted octanol–water partition coefficient (Wildman–Crippen LogP) is 2.76. The van der Waals surface area contributed by atoms with Gasteiger partial charge in [-0.2, -0.15) is 13.2 Å². The summed E-state index contributed by atoms with van der Waals surface area (Å²) in [5.41, 5.74) is -3.39. The Labute approximate surface area is 110 Å². The summed E-state index contributed by atoms with van der Waals surface area (Å²) in [5, 5.41) is 9.01. The second-order valence-corrected chi connectivity index (χ2v) is 3.94. The van der Waals surface area contributed by atoms with E-state index in [9.17, 15) is 22.8 Å². The van der Waals surface area contributed by atoms with Crippen LogP contribution in [0, 0.1) is 0 Å². The Balaban J connectivity index is 2.83. The van der Waals surface area contributed by atoms with Crippen molar-refractivity contribution >= 4 is 5.97 Å². The molecular formula is C13H8F3NO3. The Morgan fingerprint density at radius 2 is 1.80 bits per heavy atom. The van der Waals surface area contributed by atoms with Gasteiger partial charge in [0.1, 0.15) is 0 Å². The third-order valence-electron chi connectivity index (χ3n) is 2.69. The first-order chi connectivity index (χ1) is 9.32. The Hall–Kier alpha value is -2.57. The van der Waals surface area contributed by atoms with E-state index in [-0.39, 0.29) is 0 Å². The van der Waals surface area contributed by atoms with Crippen molar-refractivity contribution in [3.05, 3.63) is 58.0 Å². The molecule has 1 heterocycles. The number of hydrogen-bond donors (Lipinski definition) is 2. The van der Waals surface area contributed by atoms with Gasteiger partial charge in [0.05, 0.1) is 16.7 Å². The van der Waals surface area contributed by atoms with Crippen molar-refractivity contribution < 1.29 is 23.1 Å². The van der Waals surface area contributed by atoms with Crippen LogP contribution in [-0.4, -0.2) is 16.1 Å². The van der Waals surface area contributed by atoms with E-state index >= 15 is 0 Å². The van der Waals surface area contributed by atoms with Gasteiger partial charge in [0.25, 0.3) is 5.56 Å². The number of nitrogens with one attached hydrogen (secondary N) is 1. The Morgan fingerprint density at radius 3 is 2.40 bits per heavy atom. The van der Waals surface area contributed by atoms with Gasteiger partial charge in [0.2, 0.25) is 0 Å². The van der Waals surface area contributed by atoms with Crippen LogP contribution in [0.1, 0.15) is 15.9 Å². The molecule has 0 aliphatic heterocycles. The highest BCUT2D eigenvalue weighted by Gasteiger charge is 2.34. The van der Waals surface area contributed by atoms with Crippen LogP contribution in [0.4, 0.5) is 13.2 Å². The number of hydrogen-bond acceptors (Lipinski definition) is 2. The summed E-state index contributed by atoms with van der Waals surface area (Å²) in [6, 6.07) is 5.39. The van der Waals surface area contributed by atoms with Gasteiger partial charge < -0.3 is 10.1 Å². The molecule has 0 bridgehead atoms. The summed E-state index contributed by atoms with van der Waals surface area (Å²) in [7, 11) is 0. The third-order valence-corrected chi connectivity index (χ3v) is 2.69. The number of aromatic amines is 1. The molecule has 0 spiro atoms. The number of halogens is 3. The molecule has 0 atom stereocenters. The number of carbonyl (C=O) groups is 1. The lowest BCUT2D eigenvalue weighted by molar-refractivity contribution is -0.137. The first-order valence-corrected chi connectivity index (χ1v) is 5.44. The average molecular weight is 283 g/mol. The van der Waals surface area contributed by atoms with Crippen LogP contribution in [-0.2, 0) is 6.18 Å². The number of aromatic carboxylic acids is 1. The number of pyridine rings is 1. The van der Waals surface area contributed by atoms with Gasteiger partial charge in [-0.1, -0.05) is 18.2 Å². The molecule has 0 fully saturated rings. The minimum absolute atomic E-state index is 0.459. The van der Waals surface area contributed by atoms with E-state index in [0.717, 1.165) is 24.4 Å². The largest absolute Gasteiger partial charge is 0.478 e. The topological polar surface area (TPSA) is 70.2 Å². The van der Waals surface area contributed by atoms with E-state index in [1.165, 1.54) is 12.1 Å². The number of rotatable bonds is 2. The van der Waals surface area contributed by atoms with Gasteiger partial charge in [-0.25, -0.2) is 4.79 Å². The lowest BCUT2D eigenvalue weighted by Gasteiger charge is -2.13. The Morgan fingerprint density at radius 1 is 1.15 bits per heavy atom. The highest BCUT2D eigenvalue weighted by Crippen LogP contribution is 2.36. The van der Waals surface area contributed by atoms with Crippen molar-refractivity contribution in [2.24, 2.45) is 0 Å². The van der Waals surface area contributed by atoms with E-state index in [2.05, 4.69) is 4.98 Å². The number of benzene rings is 1. The second-order valence-electron chi connectivity index (χ2n) is 3.94. The number of alkyl halides is 3. The van der Waals surface area contributed by atoms with Crippen molar-refractivity contribution in [1.82, 2.24) is 4.98 Å². The Kier molecular flexibility index (Phi) is 3.35. The molecule has 1 aromatic heterocycles. The first-order valence-electron chi connectivity index (χ1n) is 5.44. The molecule has 1 aromatic carbocycles. The van der Waals surface area contributed by atoms with E-state index in [0.29, 0.717) is 0 Å². The fourth-order valence-corrected chi connectivity index (χ4v) is 1.87. The Bertz CT molecular complexity index is 719. The monoisotopic (exact) mass is 283 g/mol. The molecule has 0 saturated carbocycles. The molecule has 2 aromatic rings. The maximum atomic E-state index is 12.9. The standard InChI is InChI=1S/C13H8F3NO3/c14-13(15,16)9-4-2-1-3-7(9)10-8(12(19)20)5-6-17-11(10)18/h1-6H,(H,17,18)(H,19,20). The van der Waals surface area contributed by atoms with Crippen molar-refractivity contribution in [2.75, 3.05) is 0 Å². The van der Waals surface area contributed by atoms with Gasteiger partial charge >= 0.3 is 12.1 Å². The maximum absolute atomic E-state index is 12.9. The minimum atomic E-state index is -4.69. The smallest absolute Gasteiger partial charge is 0.417 e. The lowest BCUT2D eigenvalue weighted by Crippen LogP contribution is -2.17. The predicted molar refractivity (Wildman–Crippen MR) is 64.5 cm³/mol. The molecule has 0 amide bonds. The zero-order valence-electron chi connectivity index (χ0n) is 9.86. The number of H-pyrrole nitrogens is 1. The van der Waals surface area contributed by atoms with Crippen LogP contribution in [0.2, 0.25) is 0 Å². The molecule has 0 aliphatic rings. The van der Waals surface area contributed by atoms with Crippen LogP contribution in [0.3, 0.4) is 0 Å². The van der Waals surface area contributed by atoms with Crippen LogP contribution < -0.4 is 5.56 Å². The molecule has 20 heavy (non-hydrogen) atoms. The number of carboxylic acids is 1. The van der Waals surface area contributed by atoms with Gasteiger partial charge in [0, 0.05) is 11.8 Å². The third kappa shape index (κ3) is 2.42. The van der Waals surface area contributed by atoms with Crippen molar-refractivity contribution in [3.63, 3.8) is 0 Å². The molecule has 2 rings (SSSR count). The molecule has 104 valence electrons. The van der Waals surface area contributed by atoms with Crippen molar-refractivity contribution in [3.8, 4) is 11.1 Å². The van der Waals surface area contributed by atoms with Gasteiger partial charge in [-0.15, -0.1) is 0 Å². The molecule has 4 nitrogen and oxygen atoms in total. The highest BCUT2D eigenvalue weighted by atomic mass is 19.4. The van der Waals surface area contributed by atoms with E-state index < -0.39 is 40.0 Å².